The second kappa shape index (κ2) is 6.62. The van der Waals surface area contributed by atoms with Crippen LogP contribution in [0.15, 0.2) is 23.1 Å². The number of hydrogen-bond acceptors (Lipinski definition) is 7. The van der Waals surface area contributed by atoms with Crippen molar-refractivity contribution >= 4 is 5.91 Å². The SMILES string of the molecule is COc1cc(C(=O)N2CCCn3cnc(Cn4nncc4C)c3C2)on1. The van der Waals surface area contributed by atoms with Gasteiger partial charge >= 0.3 is 0 Å². The zero-order chi connectivity index (χ0) is 18.1. The summed E-state index contributed by atoms with van der Waals surface area (Å²) in [6, 6.07) is 1.50. The van der Waals surface area contributed by atoms with E-state index in [-0.39, 0.29) is 17.5 Å². The summed E-state index contributed by atoms with van der Waals surface area (Å²) >= 11 is 0. The van der Waals surface area contributed by atoms with Gasteiger partial charge in [-0.15, -0.1) is 5.10 Å². The number of methoxy groups -OCH3 is 1. The van der Waals surface area contributed by atoms with Gasteiger partial charge in [0, 0.05) is 13.1 Å². The summed E-state index contributed by atoms with van der Waals surface area (Å²) in [7, 11) is 1.48. The lowest BCUT2D eigenvalue weighted by atomic mass is 10.2. The largest absolute Gasteiger partial charge is 0.479 e. The maximum Gasteiger partial charge on any atom is 0.292 e. The number of nitrogens with zero attached hydrogens (tertiary/aromatic N) is 7. The van der Waals surface area contributed by atoms with Crippen LogP contribution in [0.3, 0.4) is 0 Å². The number of aromatic nitrogens is 6. The molecule has 0 N–H and O–H groups in total. The van der Waals surface area contributed by atoms with Crippen LogP contribution in [0.1, 0.15) is 34.1 Å². The van der Waals surface area contributed by atoms with Gasteiger partial charge in [-0.2, -0.15) is 0 Å². The van der Waals surface area contributed by atoms with Crippen LogP contribution in [0.2, 0.25) is 0 Å². The van der Waals surface area contributed by atoms with Crippen LogP contribution < -0.4 is 4.74 Å². The van der Waals surface area contributed by atoms with Gasteiger partial charge in [0.2, 0.25) is 5.76 Å². The summed E-state index contributed by atoms with van der Waals surface area (Å²) in [5.74, 6) is 0.248. The van der Waals surface area contributed by atoms with Crippen molar-refractivity contribution in [3.8, 4) is 5.88 Å². The Morgan fingerprint density at radius 1 is 1.38 bits per heavy atom. The first-order valence-electron chi connectivity index (χ1n) is 8.33. The third-order valence-electron chi connectivity index (χ3n) is 4.51. The molecule has 136 valence electrons. The number of aryl methyl sites for hydroxylation is 2. The van der Waals surface area contributed by atoms with Crippen LogP contribution in [0.4, 0.5) is 0 Å². The average Bonchev–Trinajstić information content (AvgIpc) is 3.33. The van der Waals surface area contributed by atoms with E-state index in [0.717, 1.165) is 30.0 Å². The molecule has 1 aliphatic rings. The molecule has 0 radical (unpaired) electrons. The van der Waals surface area contributed by atoms with Crippen molar-refractivity contribution in [3.63, 3.8) is 0 Å². The zero-order valence-electron chi connectivity index (χ0n) is 14.6. The number of fused-ring (bicyclic) bond motifs is 1. The first-order chi connectivity index (χ1) is 12.7. The Labute approximate surface area is 149 Å². The van der Waals surface area contributed by atoms with Gasteiger partial charge in [0.25, 0.3) is 11.8 Å². The molecule has 3 aromatic heterocycles. The van der Waals surface area contributed by atoms with Crippen LogP contribution in [0.5, 0.6) is 5.88 Å². The fourth-order valence-corrected chi connectivity index (χ4v) is 3.04. The van der Waals surface area contributed by atoms with Gasteiger partial charge in [-0.05, 0) is 18.5 Å². The lowest BCUT2D eigenvalue weighted by Gasteiger charge is -2.19. The molecule has 3 aromatic rings. The van der Waals surface area contributed by atoms with Gasteiger partial charge < -0.3 is 18.7 Å². The van der Waals surface area contributed by atoms with E-state index in [1.54, 1.807) is 15.8 Å². The van der Waals surface area contributed by atoms with E-state index in [4.69, 9.17) is 9.26 Å². The molecule has 0 spiro atoms. The molecule has 0 aliphatic carbocycles. The van der Waals surface area contributed by atoms with Crippen LogP contribution in [0.25, 0.3) is 0 Å². The van der Waals surface area contributed by atoms with E-state index in [1.165, 1.54) is 13.2 Å². The minimum Gasteiger partial charge on any atom is -0.479 e. The average molecular weight is 357 g/mol. The Kier molecular flexibility index (Phi) is 4.15. The van der Waals surface area contributed by atoms with Gasteiger partial charge in [0.05, 0.1) is 55.9 Å². The normalized spacial score (nSPS) is 14.2. The summed E-state index contributed by atoms with van der Waals surface area (Å²) in [5, 5.41) is 11.7. The van der Waals surface area contributed by atoms with Crippen molar-refractivity contribution < 1.29 is 14.1 Å². The van der Waals surface area contributed by atoms with Crippen LogP contribution in [0, 0.1) is 6.92 Å². The molecule has 0 saturated carbocycles. The summed E-state index contributed by atoms with van der Waals surface area (Å²) < 4.78 is 14.0. The number of carbonyl (C=O) groups excluding carboxylic acids is 1. The molecule has 0 fully saturated rings. The number of rotatable bonds is 4. The Bertz CT molecular complexity index is 926. The third-order valence-corrected chi connectivity index (χ3v) is 4.51. The minimum atomic E-state index is -0.210. The molecule has 0 atom stereocenters. The molecule has 10 nitrogen and oxygen atoms in total. The van der Waals surface area contributed by atoms with Crippen molar-refractivity contribution in [1.29, 1.82) is 0 Å². The quantitative estimate of drug-likeness (QED) is 0.682. The minimum absolute atomic E-state index is 0.170. The van der Waals surface area contributed by atoms with Crippen molar-refractivity contribution in [2.75, 3.05) is 13.7 Å². The van der Waals surface area contributed by atoms with Gasteiger partial charge in [0.15, 0.2) is 0 Å². The standard InChI is InChI=1S/C16H19N7O3/c1-11-7-18-20-23(11)8-12-13-9-21(4-3-5-22(13)10-17-12)16(24)14-6-15(25-2)19-26-14/h6-7,10H,3-5,8-9H2,1-2H3. The van der Waals surface area contributed by atoms with Crippen LogP contribution in [-0.2, 0) is 19.6 Å². The summed E-state index contributed by atoms with van der Waals surface area (Å²) in [5.41, 5.74) is 2.84. The molecule has 1 amide bonds. The highest BCUT2D eigenvalue weighted by Crippen LogP contribution is 2.20. The Hall–Kier alpha value is -3.17. The maximum absolute atomic E-state index is 12.8. The molecular weight excluding hydrogens is 338 g/mol. The predicted molar refractivity (Wildman–Crippen MR) is 88.5 cm³/mol. The lowest BCUT2D eigenvalue weighted by molar-refractivity contribution is 0.0703. The van der Waals surface area contributed by atoms with E-state index in [0.29, 0.717) is 19.6 Å². The highest BCUT2D eigenvalue weighted by Gasteiger charge is 2.26. The molecule has 0 unspecified atom stereocenters. The summed E-state index contributed by atoms with van der Waals surface area (Å²) in [6.07, 6.45) is 4.37. The summed E-state index contributed by atoms with van der Waals surface area (Å²) in [6.45, 7) is 4.35. The molecular formula is C16H19N7O3. The number of hydrogen-bond donors (Lipinski definition) is 0. The Morgan fingerprint density at radius 3 is 3.00 bits per heavy atom. The second-order valence-corrected chi connectivity index (χ2v) is 6.18. The topological polar surface area (TPSA) is 104 Å². The van der Waals surface area contributed by atoms with Crippen molar-refractivity contribution in [1.82, 2.24) is 34.6 Å². The van der Waals surface area contributed by atoms with Crippen molar-refractivity contribution in [2.24, 2.45) is 0 Å². The van der Waals surface area contributed by atoms with Crippen LogP contribution in [-0.4, -0.2) is 54.2 Å². The molecule has 1 aliphatic heterocycles. The fraction of sp³-hybridized carbons (Fsp3) is 0.438. The van der Waals surface area contributed by atoms with E-state index in [2.05, 4.69) is 25.0 Å². The van der Waals surface area contributed by atoms with E-state index < -0.39 is 0 Å². The lowest BCUT2D eigenvalue weighted by Crippen LogP contribution is -2.31. The Morgan fingerprint density at radius 2 is 2.27 bits per heavy atom. The number of imidazole rings is 1. The van der Waals surface area contributed by atoms with E-state index in [9.17, 15) is 4.79 Å². The third kappa shape index (κ3) is 2.93. The molecule has 0 saturated heterocycles. The van der Waals surface area contributed by atoms with E-state index >= 15 is 0 Å². The Balaban J connectivity index is 1.58. The van der Waals surface area contributed by atoms with Gasteiger partial charge in [0.1, 0.15) is 0 Å². The number of carbonyl (C=O) groups is 1. The van der Waals surface area contributed by atoms with Gasteiger partial charge in [-0.25, -0.2) is 9.67 Å². The van der Waals surface area contributed by atoms with Crippen molar-refractivity contribution in [2.45, 2.75) is 33.0 Å². The molecule has 0 aromatic carbocycles. The molecule has 0 bridgehead atoms. The predicted octanol–water partition coefficient (Wildman–Crippen LogP) is 0.874. The first kappa shape index (κ1) is 16.3. The number of amides is 1. The monoisotopic (exact) mass is 357 g/mol. The van der Waals surface area contributed by atoms with Gasteiger partial charge in [-0.3, -0.25) is 4.79 Å². The second-order valence-electron chi connectivity index (χ2n) is 6.18. The zero-order valence-corrected chi connectivity index (χ0v) is 14.6. The maximum atomic E-state index is 12.8. The smallest absolute Gasteiger partial charge is 0.292 e. The molecule has 26 heavy (non-hydrogen) atoms. The molecule has 4 heterocycles. The number of ether oxygens (including phenoxy) is 1. The molecule has 10 heteroatoms. The highest BCUT2D eigenvalue weighted by molar-refractivity contribution is 5.91. The van der Waals surface area contributed by atoms with Crippen LogP contribution >= 0.6 is 0 Å². The highest BCUT2D eigenvalue weighted by atomic mass is 16.5. The molecule has 4 rings (SSSR count). The summed E-state index contributed by atoms with van der Waals surface area (Å²) in [4.78, 5) is 19.0. The van der Waals surface area contributed by atoms with Gasteiger partial charge in [-0.1, -0.05) is 5.21 Å². The fourth-order valence-electron chi connectivity index (χ4n) is 3.04. The first-order valence-corrected chi connectivity index (χ1v) is 8.33. The van der Waals surface area contributed by atoms with Crippen molar-refractivity contribution in [3.05, 3.63) is 41.4 Å². The van der Waals surface area contributed by atoms with E-state index in [1.807, 2.05) is 13.3 Å².